The van der Waals surface area contributed by atoms with Crippen molar-refractivity contribution in [1.29, 1.82) is 0 Å². The molecule has 2 aromatic carbocycles. The van der Waals surface area contributed by atoms with Crippen LogP contribution in [0.25, 0.3) is 0 Å². The molecule has 2 rings (SSSR count). The summed E-state index contributed by atoms with van der Waals surface area (Å²) in [6.07, 6.45) is 0.284. The van der Waals surface area contributed by atoms with E-state index in [1.54, 1.807) is 48.5 Å². The quantitative estimate of drug-likeness (QED) is 0.850. The monoisotopic (exact) mass is 339 g/mol. The maximum absolute atomic E-state index is 12.5. The smallest absolute Gasteiger partial charge is 0.241 e. The van der Waals surface area contributed by atoms with Gasteiger partial charge in [0.05, 0.1) is 4.90 Å². The molecule has 1 atom stereocenters. The average molecular weight is 340 g/mol. The van der Waals surface area contributed by atoms with Crippen molar-refractivity contribution in [2.45, 2.75) is 24.3 Å². The van der Waals surface area contributed by atoms with Gasteiger partial charge < -0.3 is 5.11 Å². The number of hydrogen-bond donors (Lipinski definition) is 2. The lowest BCUT2D eigenvalue weighted by Gasteiger charge is -2.18. The first-order chi connectivity index (χ1) is 10.4. The Morgan fingerprint density at radius 2 is 1.68 bits per heavy atom. The molecule has 0 radical (unpaired) electrons. The van der Waals surface area contributed by atoms with Crippen LogP contribution in [0.15, 0.2) is 53.4 Å². The summed E-state index contributed by atoms with van der Waals surface area (Å²) in [5, 5.41) is 9.77. The van der Waals surface area contributed by atoms with Gasteiger partial charge in [-0.1, -0.05) is 41.4 Å². The molecule has 4 nitrogen and oxygen atoms in total. The third-order valence-corrected chi connectivity index (χ3v) is 5.06. The van der Waals surface area contributed by atoms with Crippen LogP contribution in [0.5, 0.6) is 0 Å². The van der Waals surface area contributed by atoms with Crippen LogP contribution >= 0.6 is 11.6 Å². The van der Waals surface area contributed by atoms with Crippen molar-refractivity contribution in [3.63, 3.8) is 0 Å². The van der Waals surface area contributed by atoms with E-state index in [2.05, 4.69) is 4.72 Å². The summed E-state index contributed by atoms with van der Waals surface area (Å²) in [6.45, 7) is 1.77. The Hall–Kier alpha value is -1.40. The molecule has 0 spiro atoms. The fourth-order valence-corrected chi connectivity index (χ4v) is 3.48. The molecule has 0 aliphatic rings. The Kier molecular flexibility index (Phi) is 5.58. The van der Waals surface area contributed by atoms with Crippen molar-refractivity contribution in [3.8, 4) is 0 Å². The second-order valence-electron chi connectivity index (χ2n) is 5.05. The molecule has 0 bridgehead atoms. The van der Waals surface area contributed by atoms with Crippen LogP contribution in [0.1, 0.15) is 23.6 Å². The number of hydrogen-bond acceptors (Lipinski definition) is 3. The van der Waals surface area contributed by atoms with Gasteiger partial charge in [-0.2, -0.15) is 0 Å². The third kappa shape index (κ3) is 4.30. The zero-order valence-corrected chi connectivity index (χ0v) is 13.7. The molecule has 2 aromatic rings. The number of aryl methyl sites for hydroxylation is 1. The van der Waals surface area contributed by atoms with E-state index in [0.717, 1.165) is 11.1 Å². The van der Waals surface area contributed by atoms with Crippen molar-refractivity contribution in [2.24, 2.45) is 0 Å². The van der Waals surface area contributed by atoms with Crippen molar-refractivity contribution < 1.29 is 13.5 Å². The number of nitrogens with one attached hydrogen (secondary N) is 1. The zero-order valence-electron chi connectivity index (χ0n) is 12.2. The van der Waals surface area contributed by atoms with Gasteiger partial charge in [0.2, 0.25) is 10.0 Å². The van der Waals surface area contributed by atoms with Gasteiger partial charge in [-0.15, -0.1) is 0 Å². The zero-order chi connectivity index (χ0) is 16.2. The molecule has 2 N–H and O–H groups in total. The average Bonchev–Trinajstić information content (AvgIpc) is 2.48. The molecule has 118 valence electrons. The number of aliphatic hydroxyl groups excluding tert-OH is 1. The summed E-state index contributed by atoms with van der Waals surface area (Å²) < 4.78 is 27.5. The van der Waals surface area contributed by atoms with Crippen LogP contribution in [-0.2, 0) is 10.0 Å². The van der Waals surface area contributed by atoms with Crippen molar-refractivity contribution in [2.75, 3.05) is 6.61 Å². The topological polar surface area (TPSA) is 66.4 Å². The molecule has 0 saturated heterocycles. The Bertz CT molecular complexity index is 712. The molecular formula is C16H18ClNO3S. The van der Waals surface area contributed by atoms with Crippen molar-refractivity contribution in [3.05, 3.63) is 64.7 Å². The molecule has 0 fully saturated rings. The van der Waals surface area contributed by atoms with Crippen LogP contribution in [0, 0.1) is 6.92 Å². The fourth-order valence-electron chi connectivity index (χ4n) is 2.09. The fraction of sp³-hybridized carbons (Fsp3) is 0.250. The van der Waals surface area contributed by atoms with Crippen molar-refractivity contribution >= 4 is 21.6 Å². The molecule has 0 heterocycles. The third-order valence-electron chi connectivity index (χ3n) is 3.32. The molecule has 0 saturated carbocycles. The van der Waals surface area contributed by atoms with E-state index in [9.17, 15) is 13.5 Å². The van der Waals surface area contributed by atoms with Gasteiger partial charge in [0, 0.05) is 17.7 Å². The Labute approximate surface area is 135 Å². The van der Waals surface area contributed by atoms with Crippen LogP contribution in [0.3, 0.4) is 0 Å². The lowest BCUT2D eigenvalue weighted by Crippen LogP contribution is -2.29. The van der Waals surface area contributed by atoms with Gasteiger partial charge in [-0.05, 0) is 43.2 Å². The summed E-state index contributed by atoms with van der Waals surface area (Å²) in [6, 6.07) is 13.0. The van der Waals surface area contributed by atoms with Gasteiger partial charge in [0.25, 0.3) is 0 Å². The van der Waals surface area contributed by atoms with Gasteiger partial charge in [-0.3, -0.25) is 0 Å². The van der Waals surface area contributed by atoms with E-state index in [1.807, 2.05) is 6.92 Å². The van der Waals surface area contributed by atoms with Crippen LogP contribution < -0.4 is 4.72 Å². The van der Waals surface area contributed by atoms with E-state index in [0.29, 0.717) is 5.02 Å². The first-order valence-electron chi connectivity index (χ1n) is 6.88. The number of sulfonamides is 1. The SMILES string of the molecule is Cc1ccc(S(=O)(=O)NC(CCO)c2ccc(Cl)cc2)cc1. The molecule has 0 amide bonds. The van der Waals surface area contributed by atoms with E-state index in [4.69, 9.17) is 11.6 Å². The highest BCUT2D eigenvalue weighted by Crippen LogP contribution is 2.22. The highest BCUT2D eigenvalue weighted by molar-refractivity contribution is 7.89. The minimum atomic E-state index is -3.65. The highest BCUT2D eigenvalue weighted by Gasteiger charge is 2.21. The lowest BCUT2D eigenvalue weighted by atomic mass is 10.1. The molecule has 0 aliphatic carbocycles. The summed E-state index contributed by atoms with van der Waals surface area (Å²) in [5.41, 5.74) is 1.75. The second-order valence-corrected chi connectivity index (χ2v) is 7.20. The summed E-state index contributed by atoms with van der Waals surface area (Å²) in [5.74, 6) is 0. The van der Waals surface area contributed by atoms with E-state index in [-0.39, 0.29) is 17.9 Å². The minimum absolute atomic E-state index is 0.121. The predicted molar refractivity (Wildman–Crippen MR) is 87.4 cm³/mol. The summed E-state index contributed by atoms with van der Waals surface area (Å²) in [4.78, 5) is 0.204. The molecule has 6 heteroatoms. The van der Waals surface area contributed by atoms with E-state index in [1.165, 1.54) is 0 Å². The molecule has 22 heavy (non-hydrogen) atoms. The van der Waals surface area contributed by atoms with Gasteiger partial charge >= 0.3 is 0 Å². The largest absolute Gasteiger partial charge is 0.396 e. The molecular weight excluding hydrogens is 322 g/mol. The Balaban J connectivity index is 2.26. The Morgan fingerprint density at radius 1 is 1.09 bits per heavy atom. The molecule has 0 aliphatic heterocycles. The number of rotatable bonds is 6. The van der Waals surface area contributed by atoms with E-state index >= 15 is 0 Å². The van der Waals surface area contributed by atoms with E-state index < -0.39 is 16.1 Å². The Morgan fingerprint density at radius 3 is 2.23 bits per heavy atom. The number of benzene rings is 2. The maximum Gasteiger partial charge on any atom is 0.241 e. The van der Waals surface area contributed by atoms with Gasteiger partial charge in [0.15, 0.2) is 0 Å². The molecule has 0 aromatic heterocycles. The number of aliphatic hydroxyl groups is 1. The van der Waals surface area contributed by atoms with Crippen LogP contribution in [-0.4, -0.2) is 20.1 Å². The standard InChI is InChI=1S/C16H18ClNO3S/c1-12-2-8-15(9-3-12)22(20,21)18-16(10-11-19)13-4-6-14(17)7-5-13/h2-9,16,18-19H,10-11H2,1H3. The predicted octanol–water partition coefficient (Wildman–Crippen LogP) is 3.05. The lowest BCUT2D eigenvalue weighted by molar-refractivity contribution is 0.272. The minimum Gasteiger partial charge on any atom is -0.396 e. The highest BCUT2D eigenvalue weighted by atomic mass is 35.5. The van der Waals surface area contributed by atoms with Crippen LogP contribution in [0.4, 0.5) is 0 Å². The second kappa shape index (κ2) is 7.24. The summed E-state index contributed by atoms with van der Waals surface area (Å²) in [7, 11) is -3.65. The first kappa shape index (κ1) is 17.0. The number of halogens is 1. The first-order valence-corrected chi connectivity index (χ1v) is 8.74. The van der Waals surface area contributed by atoms with Gasteiger partial charge in [-0.25, -0.2) is 13.1 Å². The molecule has 1 unspecified atom stereocenters. The maximum atomic E-state index is 12.5. The van der Waals surface area contributed by atoms with Crippen molar-refractivity contribution in [1.82, 2.24) is 4.72 Å². The van der Waals surface area contributed by atoms with Gasteiger partial charge in [0.1, 0.15) is 0 Å². The summed E-state index contributed by atoms with van der Waals surface area (Å²) >= 11 is 5.85. The normalized spacial score (nSPS) is 13.0. The van der Waals surface area contributed by atoms with Crippen LogP contribution in [0.2, 0.25) is 5.02 Å².